The fourth-order valence-electron chi connectivity index (χ4n) is 1.79. The molecule has 74 valence electrons. The van der Waals surface area contributed by atoms with Gasteiger partial charge in [0.25, 0.3) is 0 Å². The summed E-state index contributed by atoms with van der Waals surface area (Å²) in [5.74, 6) is 1.68. The second-order valence-electron chi connectivity index (χ2n) is 5.81. The molecule has 1 atom stereocenters. The Balaban J connectivity index is 4.22. The van der Waals surface area contributed by atoms with E-state index in [1.807, 2.05) is 0 Å². The van der Waals surface area contributed by atoms with Gasteiger partial charge in [0.05, 0.1) is 0 Å². The highest BCUT2D eigenvalue weighted by Gasteiger charge is 2.29. The summed E-state index contributed by atoms with van der Waals surface area (Å²) >= 11 is 4.36. The van der Waals surface area contributed by atoms with Crippen LogP contribution < -0.4 is 0 Å². The standard InChI is InChI=1S/C11H24S/c1-9(7-12)11(5,6)8-10(2,3)4/h9,12H,7-8H2,1-6H3. The van der Waals surface area contributed by atoms with Crippen molar-refractivity contribution in [1.82, 2.24) is 0 Å². The first kappa shape index (κ1) is 12.3. The van der Waals surface area contributed by atoms with Crippen LogP contribution >= 0.6 is 12.6 Å². The molecular weight excluding hydrogens is 164 g/mol. The van der Waals surface area contributed by atoms with Crippen LogP contribution in [0.5, 0.6) is 0 Å². The third-order valence-electron chi connectivity index (χ3n) is 2.59. The quantitative estimate of drug-likeness (QED) is 0.636. The van der Waals surface area contributed by atoms with Crippen LogP contribution in [0.1, 0.15) is 48.0 Å². The van der Waals surface area contributed by atoms with Gasteiger partial charge in [0.1, 0.15) is 0 Å². The highest BCUT2D eigenvalue weighted by Crippen LogP contribution is 2.39. The molecule has 0 fully saturated rings. The van der Waals surface area contributed by atoms with Crippen molar-refractivity contribution < 1.29 is 0 Å². The second-order valence-corrected chi connectivity index (χ2v) is 6.17. The Morgan fingerprint density at radius 1 is 1.08 bits per heavy atom. The van der Waals surface area contributed by atoms with Crippen LogP contribution in [0.15, 0.2) is 0 Å². The van der Waals surface area contributed by atoms with Crippen LogP contribution in [-0.2, 0) is 0 Å². The number of hydrogen-bond acceptors (Lipinski definition) is 1. The zero-order chi connectivity index (χ0) is 9.99. The topological polar surface area (TPSA) is 0 Å². The average Bonchev–Trinajstić information content (AvgIpc) is 1.80. The molecule has 0 saturated carbocycles. The van der Waals surface area contributed by atoms with E-state index < -0.39 is 0 Å². The Morgan fingerprint density at radius 3 is 1.75 bits per heavy atom. The van der Waals surface area contributed by atoms with Crippen LogP contribution in [0.4, 0.5) is 0 Å². The molecule has 0 rings (SSSR count). The normalized spacial score (nSPS) is 16.2. The van der Waals surface area contributed by atoms with E-state index in [1.54, 1.807) is 0 Å². The van der Waals surface area contributed by atoms with Gasteiger partial charge in [0.2, 0.25) is 0 Å². The minimum atomic E-state index is 0.417. The summed E-state index contributed by atoms with van der Waals surface area (Å²) in [5, 5.41) is 0. The van der Waals surface area contributed by atoms with Gasteiger partial charge in [-0.1, -0.05) is 41.5 Å². The third-order valence-corrected chi connectivity index (χ3v) is 3.14. The number of hydrogen-bond donors (Lipinski definition) is 1. The monoisotopic (exact) mass is 188 g/mol. The van der Waals surface area contributed by atoms with E-state index in [0.29, 0.717) is 16.7 Å². The fraction of sp³-hybridized carbons (Fsp3) is 1.00. The Bertz CT molecular complexity index is 130. The molecule has 0 aromatic rings. The summed E-state index contributed by atoms with van der Waals surface area (Å²) in [6.07, 6.45) is 1.27. The molecule has 0 saturated heterocycles. The van der Waals surface area contributed by atoms with Crippen molar-refractivity contribution in [2.75, 3.05) is 5.75 Å². The second kappa shape index (κ2) is 4.04. The molecule has 0 aromatic carbocycles. The van der Waals surface area contributed by atoms with Gasteiger partial charge in [-0.2, -0.15) is 12.6 Å². The Kier molecular flexibility index (Phi) is 4.16. The Labute approximate surface area is 83.5 Å². The third kappa shape index (κ3) is 4.39. The highest BCUT2D eigenvalue weighted by molar-refractivity contribution is 7.80. The van der Waals surface area contributed by atoms with Crippen molar-refractivity contribution in [2.45, 2.75) is 48.0 Å². The van der Waals surface area contributed by atoms with Crippen LogP contribution in [0, 0.1) is 16.7 Å². The minimum absolute atomic E-state index is 0.417. The van der Waals surface area contributed by atoms with Crippen molar-refractivity contribution >= 4 is 12.6 Å². The molecule has 0 aliphatic heterocycles. The lowest BCUT2D eigenvalue weighted by Gasteiger charge is -2.36. The Hall–Kier alpha value is 0.350. The SMILES string of the molecule is CC(CS)C(C)(C)CC(C)(C)C. The van der Waals surface area contributed by atoms with Gasteiger partial charge >= 0.3 is 0 Å². The van der Waals surface area contributed by atoms with Crippen molar-refractivity contribution in [3.05, 3.63) is 0 Å². The summed E-state index contributed by atoms with van der Waals surface area (Å²) in [6.45, 7) is 13.9. The molecule has 0 spiro atoms. The molecule has 12 heavy (non-hydrogen) atoms. The fourth-order valence-corrected chi connectivity index (χ4v) is 2.28. The van der Waals surface area contributed by atoms with Crippen molar-refractivity contribution in [3.63, 3.8) is 0 Å². The van der Waals surface area contributed by atoms with Gasteiger partial charge in [-0.25, -0.2) is 0 Å². The summed E-state index contributed by atoms with van der Waals surface area (Å²) in [7, 11) is 0. The Morgan fingerprint density at radius 2 is 1.50 bits per heavy atom. The predicted octanol–water partition coefficient (Wildman–Crippen LogP) is 4.01. The molecule has 1 heteroatoms. The summed E-state index contributed by atoms with van der Waals surface area (Å²) in [5.41, 5.74) is 0.848. The lowest BCUT2D eigenvalue weighted by molar-refractivity contribution is 0.155. The zero-order valence-corrected chi connectivity index (χ0v) is 10.3. The minimum Gasteiger partial charge on any atom is -0.179 e. The van der Waals surface area contributed by atoms with E-state index in [4.69, 9.17) is 0 Å². The zero-order valence-electron chi connectivity index (χ0n) is 9.44. The van der Waals surface area contributed by atoms with E-state index in [1.165, 1.54) is 6.42 Å². The maximum atomic E-state index is 4.36. The molecule has 0 radical (unpaired) electrons. The first-order chi connectivity index (χ1) is 5.19. The molecule has 0 amide bonds. The van der Waals surface area contributed by atoms with E-state index in [-0.39, 0.29) is 0 Å². The van der Waals surface area contributed by atoms with Gasteiger partial charge in [-0.3, -0.25) is 0 Å². The van der Waals surface area contributed by atoms with E-state index in [9.17, 15) is 0 Å². The van der Waals surface area contributed by atoms with Crippen molar-refractivity contribution in [1.29, 1.82) is 0 Å². The number of thiol groups is 1. The van der Waals surface area contributed by atoms with Crippen LogP contribution in [0.25, 0.3) is 0 Å². The van der Waals surface area contributed by atoms with Gasteiger partial charge in [-0.05, 0) is 28.9 Å². The molecule has 0 heterocycles. The van der Waals surface area contributed by atoms with Gasteiger partial charge in [0.15, 0.2) is 0 Å². The predicted molar refractivity (Wildman–Crippen MR) is 60.9 cm³/mol. The van der Waals surface area contributed by atoms with Crippen molar-refractivity contribution in [3.8, 4) is 0 Å². The molecule has 0 aliphatic carbocycles. The summed E-state index contributed by atoms with van der Waals surface area (Å²) in [4.78, 5) is 0. The molecule has 0 bridgehead atoms. The van der Waals surface area contributed by atoms with E-state index >= 15 is 0 Å². The van der Waals surface area contributed by atoms with Crippen LogP contribution in [0.3, 0.4) is 0 Å². The lowest BCUT2D eigenvalue weighted by atomic mass is 9.70. The number of rotatable bonds is 3. The van der Waals surface area contributed by atoms with Gasteiger partial charge in [0, 0.05) is 0 Å². The molecule has 1 unspecified atom stereocenters. The highest BCUT2D eigenvalue weighted by atomic mass is 32.1. The molecule has 0 nitrogen and oxygen atoms in total. The molecular formula is C11H24S. The average molecular weight is 188 g/mol. The summed E-state index contributed by atoms with van der Waals surface area (Å²) < 4.78 is 0. The first-order valence-electron chi connectivity index (χ1n) is 4.80. The van der Waals surface area contributed by atoms with E-state index in [2.05, 4.69) is 54.2 Å². The van der Waals surface area contributed by atoms with E-state index in [0.717, 1.165) is 5.75 Å². The van der Waals surface area contributed by atoms with Crippen molar-refractivity contribution in [2.24, 2.45) is 16.7 Å². The maximum Gasteiger partial charge on any atom is -0.00670 e. The molecule has 0 N–H and O–H groups in total. The van der Waals surface area contributed by atoms with Crippen LogP contribution in [0.2, 0.25) is 0 Å². The molecule has 0 aliphatic rings. The largest absolute Gasteiger partial charge is 0.179 e. The summed E-state index contributed by atoms with van der Waals surface area (Å²) in [6, 6.07) is 0. The lowest BCUT2D eigenvalue weighted by Crippen LogP contribution is -2.28. The van der Waals surface area contributed by atoms with Gasteiger partial charge < -0.3 is 0 Å². The smallest absolute Gasteiger partial charge is 0.00670 e. The molecule has 0 aromatic heterocycles. The van der Waals surface area contributed by atoms with Crippen LogP contribution in [-0.4, -0.2) is 5.75 Å². The maximum absolute atomic E-state index is 4.36. The van der Waals surface area contributed by atoms with Gasteiger partial charge in [-0.15, -0.1) is 0 Å². The first-order valence-corrected chi connectivity index (χ1v) is 5.43.